The van der Waals surface area contributed by atoms with Crippen molar-refractivity contribution in [1.82, 2.24) is 4.98 Å². The lowest BCUT2D eigenvalue weighted by molar-refractivity contribution is 0.0166. The summed E-state index contributed by atoms with van der Waals surface area (Å²) in [6.45, 7) is 0.595. The maximum Gasteiger partial charge on any atom is 0.412 e. The second-order valence-corrected chi connectivity index (χ2v) is 8.11. The van der Waals surface area contributed by atoms with Gasteiger partial charge >= 0.3 is 6.09 Å². The van der Waals surface area contributed by atoms with Gasteiger partial charge in [0.25, 0.3) is 11.8 Å². The number of nitrogen functional groups attached to an aromatic ring is 1. The van der Waals surface area contributed by atoms with Crippen LogP contribution in [0.5, 0.6) is 0 Å². The smallest absolute Gasteiger partial charge is 0.412 e. The molecule has 1 aromatic heterocycles. The Morgan fingerprint density at radius 2 is 2.00 bits per heavy atom. The molecular weight excluding hydrogens is 470 g/mol. The Bertz CT molecular complexity index is 1460. The number of nitrogens with one attached hydrogen (secondary N) is 2. The highest BCUT2D eigenvalue weighted by molar-refractivity contribution is 6.10. The summed E-state index contributed by atoms with van der Waals surface area (Å²) in [6, 6.07) is 13.6. The number of hydrogen-bond acceptors (Lipinski definition) is 6. The minimum atomic E-state index is -3.16. The number of halogens is 2. The Kier molecular flexibility index (Phi) is 6.12. The molecule has 0 radical (unpaired) electrons. The highest BCUT2D eigenvalue weighted by Crippen LogP contribution is 2.38. The molecule has 2 aromatic carbocycles. The van der Waals surface area contributed by atoms with Crippen molar-refractivity contribution in [3.63, 3.8) is 0 Å². The summed E-state index contributed by atoms with van der Waals surface area (Å²) in [5.41, 5.74) is 7.13. The van der Waals surface area contributed by atoms with Crippen LogP contribution in [0.4, 0.5) is 25.2 Å². The van der Waals surface area contributed by atoms with E-state index in [4.69, 9.17) is 11.1 Å². The van der Waals surface area contributed by atoms with Gasteiger partial charge in [-0.25, -0.2) is 18.6 Å². The number of carbonyl (C=O) groups is 2. The Hall–Kier alpha value is -4.85. The fourth-order valence-electron chi connectivity index (χ4n) is 4.05. The van der Waals surface area contributed by atoms with Crippen molar-refractivity contribution >= 4 is 29.5 Å². The summed E-state index contributed by atoms with van der Waals surface area (Å²) in [5, 5.41) is 19.7. The van der Waals surface area contributed by atoms with Crippen LogP contribution in [0, 0.1) is 16.7 Å². The largest absolute Gasteiger partial charge is 0.453 e. The van der Waals surface area contributed by atoms with Crippen molar-refractivity contribution in [2.75, 3.05) is 17.3 Å². The van der Waals surface area contributed by atoms with Crippen LogP contribution in [0.15, 0.2) is 48.5 Å². The number of amides is 2. The molecule has 0 fully saturated rings. The first-order chi connectivity index (χ1) is 17.0. The topological polar surface area (TPSA) is 145 Å². The summed E-state index contributed by atoms with van der Waals surface area (Å²) < 4.78 is 33.1. The standard InChI is InChI=1S/C25H20F2N6O3/c1-25(26,27)19-5-3-4-16-18(19)12-33(23(16)34)21-10-14(9-20(31-21)32-24(35)36-2)17-8-13(11-28)6-7-15(17)22(29)30/h3-10H,12H2,1-2H3,(H3,29,30)(H,31,32,35). The maximum atomic E-state index is 14.2. The molecule has 4 N–H and O–H groups in total. The van der Waals surface area contributed by atoms with E-state index in [2.05, 4.69) is 15.0 Å². The van der Waals surface area contributed by atoms with Crippen molar-refractivity contribution in [1.29, 1.82) is 10.7 Å². The maximum absolute atomic E-state index is 14.2. The number of pyridine rings is 1. The van der Waals surface area contributed by atoms with Crippen LogP contribution in [0.1, 0.15) is 39.5 Å². The van der Waals surface area contributed by atoms with Gasteiger partial charge in [0.1, 0.15) is 17.5 Å². The van der Waals surface area contributed by atoms with Crippen molar-refractivity contribution in [2.45, 2.75) is 19.4 Å². The SMILES string of the molecule is COC(=O)Nc1cc(-c2cc(C#N)ccc2C(=N)N)cc(N2Cc3c(cccc3C(C)(F)F)C2=O)n1. The minimum absolute atomic E-state index is 0.00369. The molecule has 0 spiro atoms. The van der Waals surface area contributed by atoms with E-state index in [1.165, 1.54) is 53.4 Å². The average molecular weight is 490 g/mol. The van der Waals surface area contributed by atoms with Crippen LogP contribution in [-0.2, 0) is 17.2 Å². The molecule has 0 bridgehead atoms. The van der Waals surface area contributed by atoms with Crippen LogP contribution in [0.2, 0.25) is 0 Å². The van der Waals surface area contributed by atoms with Gasteiger partial charge in [0.2, 0.25) is 0 Å². The number of rotatable bonds is 5. The molecule has 2 amide bonds. The van der Waals surface area contributed by atoms with Crippen LogP contribution in [0.3, 0.4) is 0 Å². The number of alkyl halides is 2. The molecule has 0 saturated carbocycles. The molecule has 0 unspecified atom stereocenters. The Labute approximate surface area is 204 Å². The monoisotopic (exact) mass is 490 g/mol. The van der Waals surface area contributed by atoms with Gasteiger partial charge in [0.15, 0.2) is 0 Å². The number of nitriles is 1. The lowest BCUT2D eigenvalue weighted by atomic mass is 9.97. The third-order valence-electron chi connectivity index (χ3n) is 5.69. The van der Waals surface area contributed by atoms with Gasteiger partial charge in [-0.3, -0.25) is 20.4 Å². The fourth-order valence-corrected chi connectivity index (χ4v) is 4.05. The first-order valence-corrected chi connectivity index (χ1v) is 10.6. The Morgan fingerprint density at radius 1 is 1.25 bits per heavy atom. The van der Waals surface area contributed by atoms with Gasteiger partial charge in [-0.15, -0.1) is 0 Å². The summed E-state index contributed by atoms with van der Waals surface area (Å²) in [6.07, 6.45) is -0.827. The zero-order chi connectivity index (χ0) is 26.2. The number of benzene rings is 2. The van der Waals surface area contributed by atoms with Crippen molar-refractivity contribution in [3.05, 3.63) is 76.3 Å². The Morgan fingerprint density at radius 3 is 2.64 bits per heavy atom. The highest BCUT2D eigenvalue weighted by atomic mass is 19.3. The molecule has 11 heteroatoms. The molecule has 0 atom stereocenters. The lowest BCUT2D eigenvalue weighted by Crippen LogP contribution is -2.25. The summed E-state index contributed by atoms with van der Waals surface area (Å²) >= 11 is 0. The van der Waals surface area contributed by atoms with E-state index in [1.807, 2.05) is 6.07 Å². The molecule has 9 nitrogen and oxygen atoms in total. The quantitative estimate of drug-likeness (QED) is 0.358. The summed E-state index contributed by atoms with van der Waals surface area (Å²) in [5.74, 6) is -3.92. The summed E-state index contributed by atoms with van der Waals surface area (Å²) in [7, 11) is 1.16. The van der Waals surface area contributed by atoms with E-state index in [0.717, 1.165) is 14.0 Å². The zero-order valence-corrected chi connectivity index (χ0v) is 19.2. The molecule has 2 heterocycles. The van der Waals surface area contributed by atoms with Crippen molar-refractivity contribution in [3.8, 4) is 17.2 Å². The van der Waals surface area contributed by atoms with Crippen LogP contribution in [0.25, 0.3) is 11.1 Å². The van der Waals surface area contributed by atoms with Crippen molar-refractivity contribution < 1.29 is 23.1 Å². The first kappa shape index (κ1) is 24.3. The number of nitrogens with two attached hydrogens (primary N) is 1. The van der Waals surface area contributed by atoms with Crippen molar-refractivity contribution in [2.24, 2.45) is 5.73 Å². The van der Waals surface area contributed by atoms with E-state index in [9.17, 15) is 23.6 Å². The van der Waals surface area contributed by atoms with Gasteiger partial charge < -0.3 is 10.5 Å². The van der Waals surface area contributed by atoms with Gasteiger partial charge in [0.05, 0.1) is 25.3 Å². The molecule has 1 aliphatic rings. The van der Waals surface area contributed by atoms with Gasteiger partial charge in [-0.2, -0.15) is 5.26 Å². The van der Waals surface area contributed by atoms with Gasteiger partial charge in [0, 0.05) is 23.6 Å². The Balaban J connectivity index is 1.89. The number of fused-ring (bicyclic) bond motifs is 1. The molecule has 182 valence electrons. The number of methoxy groups -OCH3 is 1. The van der Waals surface area contributed by atoms with E-state index in [-0.39, 0.29) is 46.3 Å². The number of nitrogens with zero attached hydrogens (tertiary/aromatic N) is 3. The van der Waals surface area contributed by atoms with Gasteiger partial charge in [-0.05, 0) is 53.1 Å². The van der Waals surface area contributed by atoms with E-state index in [0.29, 0.717) is 16.7 Å². The molecule has 3 aromatic rings. The van der Waals surface area contributed by atoms with E-state index < -0.39 is 17.9 Å². The molecular formula is C25H20F2N6O3. The number of amidine groups is 1. The van der Waals surface area contributed by atoms with Crippen LogP contribution >= 0.6 is 0 Å². The highest BCUT2D eigenvalue weighted by Gasteiger charge is 2.37. The number of anilines is 2. The van der Waals surface area contributed by atoms with Gasteiger partial charge in [-0.1, -0.05) is 12.1 Å². The molecule has 0 saturated heterocycles. The fraction of sp³-hybridized carbons (Fsp3) is 0.160. The molecule has 4 rings (SSSR count). The summed E-state index contributed by atoms with van der Waals surface area (Å²) in [4.78, 5) is 30.7. The first-order valence-electron chi connectivity index (χ1n) is 10.6. The second-order valence-electron chi connectivity index (χ2n) is 8.11. The van der Waals surface area contributed by atoms with Crippen LogP contribution in [-0.4, -0.2) is 29.9 Å². The third kappa shape index (κ3) is 4.44. The minimum Gasteiger partial charge on any atom is -0.453 e. The molecule has 36 heavy (non-hydrogen) atoms. The zero-order valence-electron chi connectivity index (χ0n) is 19.2. The average Bonchev–Trinajstić information content (AvgIpc) is 3.19. The van der Waals surface area contributed by atoms with E-state index in [1.54, 1.807) is 0 Å². The second kappa shape index (κ2) is 9.07. The van der Waals surface area contributed by atoms with E-state index >= 15 is 0 Å². The molecule has 0 aliphatic carbocycles. The van der Waals surface area contributed by atoms with Crippen LogP contribution < -0.4 is 16.0 Å². The third-order valence-corrected chi connectivity index (χ3v) is 5.69. The number of aromatic nitrogens is 1. The predicted octanol–water partition coefficient (Wildman–Crippen LogP) is 4.35. The normalized spacial score (nSPS) is 12.6. The number of hydrogen-bond donors (Lipinski definition) is 3. The number of carbonyl (C=O) groups excluding carboxylic acids is 2. The number of ether oxygens (including phenoxy) is 1. The molecule has 1 aliphatic heterocycles. The predicted molar refractivity (Wildman–Crippen MR) is 128 cm³/mol. The lowest BCUT2D eigenvalue weighted by Gasteiger charge is -2.19.